The average Bonchev–Trinajstić information content (AvgIpc) is 1.59. The molecule has 1 atom stereocenters. The summed E-state index contributed by atoms with van der Waals surface area (Å²) in [6.07, 6.45) is 0. The van der Waals surface area contributed by atoms with E-state index < -0.39 is 0 Å². The van der Waals surface area contributed by atoms with Crippen LogP contribution >= 0.6 is 11.6 Å². The minimum atomic E-state index is -0.161. The maximum absolute atomic E-state index is 5.58. The molecule has 1 unspecified atom stereocenters. The van der Waals surface area contributed by atoms with Gasteiger partial charge in [0, 0.05) is 0 Å². The molecule has 0 aromatic carbocycles. The van der Waals surface area contributed by atoms with Crippen LogP contribution in [0, 0.1) is 0 Å². The van der Waals surface area contributed by atoms with Gasteiger partial charge >= 0.3 is 0 Å². The molecule has 0 saturated carbocycles. The van der Waals surface area contributed by atoms with E-state index in [1.54, 1.807) is 0 Å². The van der Waals surface area contributed by atoms with Crippen molar-refractivity contribution in [1.82, 2.24) is 0 Å². The van der Waals surface area contributed by atoms with E-state index in [4.69, 9.17) is 16.3 Å². The Morgan fingerprint density at radius 1 is 1.40 bits per heavy atom. The molecule has 0 N–H and O–H groups in total. The molecule has 0 radical (unpaired) electrons. The normalized spacial score (nSPS) is 15.3. The molecule has 0 fully saturated rings. The first-order chi connectivity index (χ1) is 4.42. The van der Waals surface area contributed by atoms with Crippen LogP contribution < -0.4 is 0 Å². The fourth-order valence-electron chi connectivity index (χ4n) is 0.489. The number of quaternary nitrogens is 1. The molecule has 62 valence electrons. The van der Waals surface area contributed by atoms with Crippen LogP contribution in [-0.2, 0) is 4.74 Å². The van der Waals surface area contributed by atoms with Gasteiger partial charge in [-0.1, -0.05) is 11.6 Å². The Morgan fingerprint density at radius 3 is 2.20 bits per heavy atom. The number of ether oxygens (including phenoxy) is 1. The summed E-state index contributed by atoms with van der Waals surface area (Å²) in [5, 5.41) is 0. The van der Waals surface area contributed by atoms with Crippen LogP contribution in [0.1, 0.15) is 6.92 Å². The van der Waals surface area contributed by atoms with Gasteiger partial charge in [-0.25, -0.2) is 0 Å². The predicted octanol–water partition coefficient (Wildman–Crippen LogP) is 1.29. The van der Waals surface area contributed by atoms with Crippen LogP contribution in [0.5, 0.6) is 0 Å². The van der Waals surface area contributed by atoms with E-state index >= 15 is 0 Å². The maximum Gasteiger partial charge on any atom is 0.128 e. The molecule has 10 heavy (non-hydrogen) atoms. The summed E-state index contributed by atoms with van der Waals surface area (Å²) in [6, 6.07) is 0. The van der Waals surface area contributed by atoms with Gasteiger partial charge in [0.15, 0.2) is 0 Å². The van der Waals surface area contributed by atoms with Crippen molar-refractivity contribution >= 4 is 11.6 Å². The first kappa shape index (κ1) is 10.2. The zero-order chi connectivity index (χ0) is 8.20. The maximum atomic E-state index is 5.58. The van der Waals surface area contributed by atoms with Crippen molar-refractivity contribution in [3.05, 3.63) is 0 Å². The molecule has 3 heteroatoms. The molecule has 2 nitrogen and oxygen atoms in total. The van der Waals surface area contributed by atoms with E-state index in [2.05, 4.69) is 21.1 Å². The lowest BCUT2D eigenvalue weighted by molar-refractivity contribution is -0.870. The van der Waals surface area contributed by atoms with E-state index in [1.165, 1.54) is 0 Å². The molecule has 0 spiro atoms. The van der Waals surface area contributed by atoms with Crippen molar-refractivity contribution in [3.63, 3.8) is 0 Å². The second kappa shape index (κ2) is 4.16. The van der Waals surface area contributed by atoms with Gasteiger partial charge in [-0.3, -0.25) is 0 Å². The summed E-state index contributed by atoms with van der Waals surface area (Å²) in [7, 11) is 6.38. The lowest BCUT2D eigenvalue weighted by Crippen LogP contribution is -2.37. The number of alkyl halides is 1. The van der Waals surface area contributed by atoms with Crippen LogP contribution in [0.4, 0.5) is 0 Å². The Bertz CT molecular complexity index is 88.1. The molecule has 0 saturated heterocycles. The topological polar surface area (TPSA) is 9.23 Å². The third-order valence-corrected chi connectivity index (χ3v) is 1.24. The van der Waals surface area contributed by atoms with E-state index in [9.17, 15) is 0 Å². The van der Waals surface area contributed by atoms with E-state index in [-0.39, 0.29) is 5.56 Å². The summed E-state index contributed by atoms with van der Waals surface area (Å²) in [6.45, 7) is 3.56. The zero-order valence-electron chi connectivity index (χ0n) is 7.22. The Kier molecular flexibility index (Phi) is 4.25. The van der Waals surface area contributed by atoms with Gasteiger partial charge in [-0.2, -0.15) is 0 Å². The molecule has 0 rings (SSSR count). The van der Waals surface area contributed by atoms with Crippen LogP contribution in [0.15, 0.2) is 0 Å². The van der Waals surface area contributed by atoms with E-state index in [0.29, 0.717) is 0 Å². The smallest absolute Gasteiger partial charge is 0.128 e. The SMILES string of the molecule is CC(Cl)OCC[N+](C)(C)C. The molecule has 0 heterocycles. The van der Waals surface area contributed by atoms with E-state index in [0.717, 1.165) is 17.6 Å². The summed E-state index contributed by atoms with van der Waals surface area (Å²) >= 11 is 5.58. The quantitative estimate of drug-likeness (QED) is 0.452. The highest BCUT2D eigenvalue weighted by Gasteiger charge is 2.06. The molecule has 0 aliphatic rings. The van der Waals surface area contributed by atoms with Gasteiger partial charge in [-0.05, 0) is 6.92 Å². The largest absolute Gasteiger partial charge is 0.357 e. The minimum Gasteiger partial charge on any atom is -0.357 e. The fraction of sp³-hybridized carbons (Fsp3) is 1.00. The summed E-state index contributed by atoms with van der Waals surface area (Å²) < 4.78 is 6.09. The molecular formula is C7H17ClNO+. The zero-order valence-corrected chi connectivity index (χ0v) is 7.98. The van der Waals surface area contributed by atoms with Gasteiger partial charge in [-0.15, -0.1) is 0 Å². The molecular weight excluding hydrogens is 150 g/mol. The molecule has 0 aromatic heterocycles. The van der Waals surface area contributed by atoms with Gasteiger partial charge < -0.3 is 9.22 Å². The minimum absolute atomic E-state index is 0.161. The Morgan fingerprint density at radius 2 is 1.90 bits per heavy atom. The molecule has 0 bridgehead atoms. The fourth-order valence-corrected chi connectivity index (χ4v) is 0.578. The van der Waals surface area contributed by atoms with Crippen LogP contribution in [0.2, 0.25) is 0 Å². The lowest BCUT2D eigenvalue weighted by atomic mass is 10.5. The summed E-state index contributed by atoms with van der Waals surface area (Å²) in [5.41, 5.74) is -0.161. The van der Waals surface area contributed by atoms with Gasteiger partial charge in [0.25, 0.3) is 0 Å². The monoisotopic (exact) mass is 166 g/mol. The Hall–Kier alpha value is 0.210. The van der Waals surface area contributed by atoms with Crippen LogP contribution in [0.3, 0.4) is 0 Å². The van der Waals surface area contributed by atoms with Crippen LogP contribution in [0.25, 0.3) is 0 Å². The van der Waals surface area contributed by atoms with Crippen LogP contribution in [-0.4, -0.2) is 44.3 Å². The number of halogens is 1. The van der Waals surface area contributed by atoms with Crippen molar-refractivity contribution < 1.29 is 9.22 Å². The first-order valence-corrected chi connectivity index (χ1v) is 3.91. The summed E-state index contributed by atoms with van der Waals surface area (Å²) in [5.74, 6) is 0. The van der Waals surface area contributed by atoms with Gasteiger partial charge in [0.1, 0.15) is 12.1 Å². The number of hydrogen-bond donors (Lipinski definition) is 0. The van der Waals surface area contributed by atoms with Crippen molar-refractivity contribution in [2.24, 2.45) is 0 Å². The number of rotatable bonds is 4. The predicted molar refractivity (Wildman–Crippen MR) is 44.2 cm³/mol. The van der Waals surface area contributed by atoms with Crippen molar-refractivity contribution in [2.75, 3.05) is 34.3 Å². The molecule has 0 aliphatic heterocycles. The molecule has 0 aliphatic carbocycles. The van der Waals surface area contributed by atoms with Crippen molar-refractivity contribution in [2.45, 2.75) is 12.5 Å². The van der Waals surface area contributed by atoms with Crippen molar-refractivity contribution in [1.29, 1.82) is 0 Å². The molecule has 0 aromatic rings. The number of hydrogen-bond acceptors (Lipinski definition) is 1. The lowest BCUT2D eigenvalue weighted by Gasteiger charge is -2.23. The first-order valence-electron chi connectivity index (χ1n) is 3.48. The Balaban J connectivity index is 3.21. The Labute approximate surface area is 68.3 Å². The van der Waals surface area contributed by atoms with Crippen molar-refractivity contribution in [3.8, 4) is 0 Å². The second-order valence-electron chi connectivity index (χ2n) is 3.43. The molecule has 0 amide bonds. The number of nitrogens with zero attached hydrogens (tertiary/aromatic N) is 1. The highest BCUT2D eigenvalue weighted by Crippen LogP contribution is 1.97. The summed E-state index contributed by atoms with van der Waals surface area (Å²) in [4.78, 5) is 0. The standard InChI is InChI=1S/C7H17ClNO/c1-7(8)10-6-5-9(2,3)4/h7H,5-6H2,1-4H3/q+1. The number of likely N-dealkylation sites (N-methyl/N-ethyl adjacent to an activating group) is 1. The van der Waals surface area contributed by atoms with Gasteiger partial charge in [0.05, 0.1) is 27.7 Å². The third-order valence-electron chi connectivity index (χ3n) is 1.11. The van der Waals surface area contributed by atoms with Gasteiger partial charge in [0.2, 0.25) is 0 Å². The van der Waals surface area contributed by atoms with E-state index in [1.807, 2.05) is 6.92 Å². The highest BCUT2D eigenvalue weighted by molar-refractivity contribution is 6.19. The second-order valence-corrected chi connectivity index (χ2v) is 4.04. The highest BCUT2D eigenvalue weighted by atomic mass is 35.5. The average molecular weight is 167 g/mol. The third kappa shape index (κ3) is 8.21.